The van der Waals surface area contributed by atoms with Crippen LogP contribution in [0, 0.1) is 6.92 Å². The van der Waals surface area contributed by atoms with E-state index < -0.39 is 0 Å². The molecule has 2 nitrogen and oxygen atoms in total. The van der Waals surface area contributed by atoms with Crippen molar-refractivity contribution in [3.05, 3.63) is 147 Å². The molecule has 6 aliphatic carbocycles. The van der Waals surface area contributed by atoms with E-state index in [-0.39, 0.29) is 74.2 Å². The van der Waals surface area contributed by atoms with Crippen molar-refractivity contribution in [2.45, 2.75) is 211 Å². The number of anilines is 6. The lowest BCUT2D eigenvalue weighted by molar-refractivity contribution is 0.188. The van der Waals surface area contributed by atoms with Crippen molar-refractivity contribution in [2.24, 2.45) is 0 Å². The molecule has 2 bridgehead atoms. The highest BCUT2D eigenvalue weighted by atomic mass is 32.1. The van der Waals surface area contributed by atoms with Crippen molar-refractivity contribution in [1.82, 2.24) is 0 Å². The number of benzene rings is 6. The maximum Gasteiger partial charge on any atom is 0.264 e. The predicted molar refractivity (Wildman–Crippen MR) is 325 cm³/mol. The first-order valence-electron chi connectivity index (χ1n) is 30.8. The van der Waals surface area contributed by atoms with E-state index in [2.05, 4.69) is 180 Å². The molecule has 1 saturated carbocycles. The molecule has 0 radical (unpaired) electrons. The first kappa shape index (κ1) is 44.0. The van der Waals surface area contributed by atoms with Crippen molar-refractivity contribution in [1.29, 1.82) is 0 Å². The molecular weight excluding hydrogens is 924 g/mol. The summed E-state index contributed by atoms with van der Waals surface area (Å²) < 4.78 is 39.9. The third-order valence-electron chi connectivity index (χ3n) is 21.9. The lowest BCUT2D eigenvalue weighted by Crippen LogP contribution is -2.61. The van der Waals surface area contributed by atoms with Gasteiger partial charge in [-0.1, -0.05) is 139 Å². The maximum absolute atomic E-state index is 9.78. The van der Waals surface area contributed by atoms with Crippen molar-refractivity contribution < 1.29 is 5.48 Å². The number of thiophene rings is 1. The minimum Gasteiger partial charge on any atom is -0.311 e. The Morgan fingerprint density at radius 1 is 0.453 bits per heavy atom. The highest BCUT2D eigenvalue weighted by molar-refractivity contribution is 7.33. The Kier molecular flexibility index (Phi) is 8.88. The van der Waals surface area contributed by atoms with Gasteiger partial charge >= 0.3 is 0 Å². The number of hydrogen-bond acceptors (Lipinski definition) is 3. The second-order valence-corrected chi connectivity index (χ2v) is 30.7. The van der Waals surface area contributed by atoms with E-state index in [1.54, 1.807) is 5.56 Å². The fraction of sp³-hybridized carbons (Fsp3) is 0.465. The normalized spacial score (nSPS) is 25.9. The molecule has 0 spiro atoms. The second kappa shape index (κ2) is 15.1. The summed E-state index contributed by atoms with van der Waals surface area (Å²) in [5.41, 5.74) is 23.4. The first-order chi connectivity index (χ1) is 36.9. The van der Waals surface area contributed by atoms with E-state index in [9.17, 15) is 4.11 Å². The summed E-state index contributed by atoms with van der Waals surface area (Å²) in [7, 11) is 0. The van der Waals surface area contributed by atoms with Gasteiger partial charge in [-0.25, -0.2) is 0 Å². The Morgan fingerprint density at radius 3 is 1.45 bits per heavy atom. The highest BCUT2D eigenvalue weighted by Gasteiger charge is 2.52. The molecule has 0 atom stereocenters. The van der Waals surface area contributed by atoms with Crippen molar-refractivity contribution >= 4 is 78.0 Å². The van der Waals surface area contributed by atoms with Crippen molar-refractivity contribution in [3.8, 4) is 11.1 Å². The molecule has 0 unspecified atom stereocenters. The third kappa shape index (κ3) is 6.69. The maximum atomic E-state index is 9.78. The summed E-state index contributed by atoms with van der Waals surface area (Å²) in [5, 5.41) is 1.33. The predicted octanol–water partition coefficient (Wildman–Crippen LogP) is 18.1. The van der Waals surface area contributed by atoms with E-state index >= 15 is 0 Å². The molecule has 0 amide bonds. The molecule has 75 heavy (non-hydrogen) atoms. The van der Waals surface area contributed by atoms with E-state index in [0.717, 1.165) is 66.8 Å². The van der Waals surface area contributed by atoms with Gasteiger partial charge in [0.25, 0.3) is 6.71 Å². The Morgan fingerprint density at radius 2 is 0.907 bits per heavy atom. The van der Waals surface area contributed by atoms with Crippen LogP contribution in [0.2, 0.25) is 0 Å². The number of fused-ring (bicyclic) bond motifs is 11. The standard InChI is InChI=1S/C71H81BN2S/c1-42-18-16-17-19-46(42)43-34-58-61-59(35-43)74(45-21-23-49-51(37-45)67(8,9)27-25-65(49,4)5)62-47-38-54-55(71(15)32-30-70(54,14)31-33-71)41-60(47)75-63(62)72(61)56-39-52-53(69(12,13)29-28-68(52,10)11)40-57(56)73(58)44-20-22-48-50(36-44)66(6,7)26-24-64(48,2)3/h16-23,34-41H,24-33H2,1-15H3/i16D,17D,18D,19D. The van der Waals surface area contributed by atoms with Crippen LogP contribution in [-0.4, -0.2) is 6.71 Å². The summed E-state index contributed by atoms with van der Waals surface area (Å²) in [5.74, 6) is 0. The van der Waals surface area contributed by atoms with Gasteiger partial charge in [-0.2, -0.15) is 0 Å². The smallest absolute Gasteiger partial charge is 0.264 e. The molecule has 1 fully saturated rings. The fourth-order valence-corrected chi connectivity index (χ4v) is 17.6. The van der Waals surface area contributed by atoms with Gasteiger partial charge in [0.05, 0.1) is 11.2 Å². The van der Waals surface area contributed by atoms with Gasteiger partial charge in [0.1, 0.15) is 0 Å². The fourth-order valence-electron chi connectivity index (χ4n) is 16.3. The van der Waals surface area contributed by atoms with E-state index in [0.29, 0.717) is 11.1 Å². The Hall–Kier alpha value is -5.06. The third-order valence-corrected chi connectivity index (χ3v) is 23.1. The number of nitrogens with zero attached hydrogens (tertiary/aromatic N) is 2. The first-order valence-corrected chi connectivity index (χ1v) is 29.7. The van der Waals surface area contributed by atoms with Crippen LogP contribution in [0.3, 0.4) is 0 Å². The van der Waals surface area contributed by atoms with Crippen LogP contribution in [0.25, 0.3) is 21.2 Å². The van der Waals surface area contributed by atoms with Crippen LogP contribution in [0.4, 0.5) is 34.1 Å². The van der Waals surface area contributed by atoms with Crippen LogP contribution >= 0.6 is 11.3 Å². The minimum atomic E-state index is -0.197. The molecule has 6 aromatic carbocycles. The monoisotopic (exact) mass is 1010 g/mol. The van der Waals surface area contributed by atoms with Crippen LogP contribution in [0.15, 0.2) is 97.0 Å². The van der Waals surface area contributed by atoms with Gasteiger partial charge in [-0.05, 0) is 241 Å². The van der Waals surface area contributed by atoms with E-state index in [1.807, 2.05) is 18.3 Å². The van der Waals surface area contributed by atoms with Crippen molar-refractivity contribution in [3.63, 3.8) is 0 Å². The molecule has 384 valence electrons. The SMILES string of the molecule is [2H]c1c([2H])c([2H])c(-c2cc3c4c(c2)N(c2ccc5c(c2)C(C)(C)CCC5(C)C)c2c(sc5cc6c(cc25)C2(C)CCC6(C)CC2)B4c2cc4c(cc2N3c2ccc3c(c2)C(C)(C)CCC3(C)C)C(C)(C)CCC4(C)C)c(C)c1[2H]. The van der Waals surface area contributed by atoms with Gasteiger partial charge in [0, 0.05) is 43.3 Å². The minimum absolute atomic E-state index is 0.00554. The molecule has 15 rings (SSSR count). The molecule has 0 N–H and O–H groups in total. The zero-order valence-corrected chi connectivity index (χ0v) is 48.7. The average molecular weight is 1010 g/mol. The van der Waals surface area contributed by atoms with Gasteiger partial charge in [0.15, 0.2) is 0 Å². The lowest BCUT2D eigenvalue weighted by Gasteiger charge is -2.52. The molecule has 3 heterocycles. The molecule has 1 aromatic heterocycles. The van der Waals surface area contributed by atoms with Crippen LogP contribution in [-0.2, 0) is 43.3 Å². The van der Waals surface area contributed by atoms with E-state index in [1.165, 1.54) is 102 Å². The van der Waals surface area contributed by atoms with Crippen LogP contribution in [0.1, 0.15) is 217 Å². The molecule has 2 aliphatic heterocycles. The summed E-state index contributed by atoms with van der Waals surface area (Å²) >= 11 is 2.03. The van der Waals surface area contributed by atoms with E-state index in [4.69, 9.17) is 1.37 Å². The Balaban J connectivity index is 1.17. The highest BCUT2D eigenvalue weighted by Crippen LogP contribution is 2.60. The average Bonchev–Trinajstić information content (AvgIpc) is 3.01. The van der Waals surface area contributed by atoms with Crippen molar-refractivity contribution in [2.75, 3.05) is 9.80 Å². The van der Waals surface area contributed by atoms with Crippen LogP contribution in [0.5, 0.6) is 0 Å². The quantitative estimate of drug-likeness (QED) is 0.163. The molecule has 8 aliphatic rings. The van der Waals surface area contributed by atoms with Gasteiger partial charge in [-0.15, -0.1) is 11.3 Å². The zero-order valence-electron chi connectivity index (χ0n) is 51.9. The molecule has 4 heteroatoms. The number of hydrogen-bond donors (Lipinski definition) is 0. The summed E-state index contributed by atoms with van der Waals surface area (Å²) in [4.78, 5) is 5.26. The zero-order chi connectivity index (χ0) is 56.0. The summed E-state index contributed by atoms with van der Waals surface area (Å²) in [6.45, 7) is 36.2. The second-order valence-electron chi connectivity index (χ2n) is 29.6. The molecule has 7 aromatic rings. The van der Waals surface area contributed by atoms with Gasteiger partial charge in [0.2, 0.25) is 0 Å². The lowest BCUT2D eigenvalue weighted by atomic mass is 9.35. The molecular formula is C71H81BN2S. The van der Waals surface area contributed by atoms with Gasteiger partial charge in [-0.3, -0.25) is 0 Å². The summed E-state index contributed by atoms with van der Waals surface area (Å²) in [6, 6.07) is 29.7. The van der Waals surface area contributed by atoms with Gasteiger partial charge < -0.3 is 9.80 Å². The number of rotatable bonds is 3. The van der Waals surface area contributed by atoms with Crippen LogP contribution < -0.4 is 25.5 Å². The Labute approximate surface area is 460 Å². The molecule has 0 saturated heterocycles. The Bertz CT molecular complexity index is 3850. The largest absolute Gasteiger partial charge is 0.311 e. The summed E-state index contributed by atoms with van der Waals surface area (Å²) in [6.07, 6.45) is 11.6. The topological polar surface area (TPSA) is 6.48 Å².